The van der Waals surface area contributed by atoms with Gasteiger partial charge < -0.3 is 4.90 Å². The molecule has 2 aromatic rings. The summed E-state index contributed by atoms with van der Waals surface area (Å²) in [5.74, 6) is 0.236. The second-order valence-electron chi connectivity index (χ2n) is 6.51. The van der Waals surface area contributed by atoms with E-state index < -0.39 is 10.0 Å². The first-order chi connectivity index (χ1) is 12.9. The van der Waals surface area contributed by atoms with Crippen molar-refractivity contribution in [3.63, 3.8) is 0 Å². The van der Waals surface area contributed by atoms with Crippen LogP contribution in [0.1, 0.15) is 28.1 Å². The minimum Gasteiger partial charge on any atom is -0.339 e. The van der Waals surface area contributed by atoms with Crippen LogP contribution in [0.2, 0.25) is 0 Å². The lowest BCUT2D eigenvalue weighted by Crippen LogP contribution is -2.41. The molecule has 1 saturated heterocycles. The molecule has 0 saturated carbocycles. The summed E-state index contributed by atoms with van der Waals surface area (Å²) in [6, 6.07) is 7.04. The number of hydrogen-bond acceptors (Lipinski definition) is 6. The Morgan fingerprint density at radius 3 is 2.70 bits per heavy atom. The summed E-state index contributed by atoms with van der Waals surface area (Å²) in [6.45, 7) is 3.56. The number of nitrogens with zero attached hydrogens (tertiary/aromatic N) is 2. The number of aryl methyl sites for hydroxylation is 1. The van der Waals surface area contributed by atoms with E-state index >= 15 is 0 Å². The third kappa shape index (κ3) is 4.90. The molecule has 0 aromatic carbocycles. The second kappa shape index (κ2) is 8.72. The Morgan fingerprint density at radius 2 is 2.07 bits per heavy atom. The summed E-state index contributed by atoms with van der Waals surface area (Å²) < 4.78 is 27.8. The molecular formula is C18H23N3O3S3. The molecule has 27 heavy (non-hydrogen) atoms. The average Bonchev–Trinajstić information content (AvgIpc) is 3.13. The minimum absolute atomic E-state index is 0.000501. The number of thiophene rings is 1. The molecular weight excluding hydrogens is 402 g/mol. The zero-order valence-corrected chi connectivity index (χ0v) is 17.8. The molecule has 1 N–H and O–H groups in total. The number of aromatic nitrogens is 1. The SMILES string of the molecule is CSc1ncccc1C(=O)N1CCC(CNS(=O)(=O)c2ccc(C)s2)CC1. The molecule has 1 amide bonds. The summed E-state index contributed by atoms with van der Waals surface area (Å²) in [4.78, 5) is 19.8. The Hall–Kier alpha value is -1.42. The Morgan fingerprint density at radius 1 is 1.33 bits per heavy atom. The monoisotopic (exact) mass is 425 g/mol. The molecule has 0 radical (unpaired) electrons. The summed E-state index contributed by atoms with van der Waals surface area (Å²) >= 11 is 2.74. The maximum absolute atomic E-state index is 12.8. The van der Waals surface area contributed by atoms with Crippen molar-refractivity contribution >= 4 is 39.0 Å². The van der Waals surface area contributed by atoms with Crippen LogP contribution in [0.5, 0.6) is 0 Å². The number of piperidine rings is 1. The van der Waals surface area contributed by atoms with Gasteiger partial charge >= 0.3 is 0 Å². The summed E-state index contributed by atoms with van der Waals surface area (Å²) in [5, 5.41) is 0.739. The number of carbonyl (C=O) groups excluding carboxylic acids is 1. The van der Waals surface area contributed by atoms with E-state index in [0.717, 1.165) is 22.7 Å². The van der Waals surface area contributed by atoms with Gasteiger partial charge in [-0.25, -0.2) is 18.1 Å². The van der Waals surface area contributed by atoms with Crippen molar-refractivity contribution in [2.45, 2.75) is 29.0 Å². The van der Waals surface area contributed by atoms with Crippen LogP contribution in [0.3, 0.4) is 0 Å². The first-order valence-corrected chi connectivity index (χ1v) is 12.3. The van der Waals surface area contributed by atoms with Crippen molar-refractivity contribution in [1.29, 1.82) is 0 Å². The highest BCUT2D eigenvalue weighted by molar-refractivity contribution is 7.98. The van der Waals surface area contributed by atoms with Gasteiger partial charge in [-0.1, -0.05) is 0 Å². The van der Waals surface area contributed by atoms with Gasteiger partial charge in [-0.05, 0) is 56.2 Å². The van der Waals surface area contributed by atoms with Crippen LogP contribution < -0.4 is 4.72 Å². The summed E-state index contributed by atoms with van der Waals surface area (Å²) in [7, 11) is -3.44. The van der Waals surface area contributed by atoms with Gasteiger partial charge in [-0.2, -0.15) is 0 Å². The van der Waals surface area contributed by atoms with Gasteiger partial charge in [0.25, 0.3) is 5.91 Å². The van der Waals surface area contributed by atoms with Crippen molar-refractivity contribution in [3.8, 4) is 0 Å². The molecule has 3 rings (SSSR count). The van der Waals surface area contributed by atoms with E-state index in [9.17, 15) is 13.2 Å². The number of pyridine rings is 1. The Bertz CT molecular complexity index is 903. The van der Waals surface area contributed by atoms with E-state index in [1.54, 1.807) is 18.3 Å². The number of amides is 1. The van der Waals surface area contributed by atoms with Crippen LogP contribution in [0.4, 0.5) is 0 Å². The number of thioether (sulfide) groups is 1. The number of carbonyl (C=O) groups is 1. The zero-order valence-electron chi connectivity index (χ0n) is 15.3. The predicted molar refractivity (Wildman–Crippen MR) is 109 cm³/mol. The Kier molecular flexibility index (Phi) is 6.56. The van der Waals surface area contributed by atoms with E-state index in [1.165, 1.54) is 23.1 Å². The van der Waals surface area contributed by atoms with E-state index in [-0.39, 0.29) is 11.8 Å². The first kappa shape index (κ1) is 20.3. The molecule has 146 valence electrons. The number of hydrogen-bond donors (Lipinski definition) is 1. The van der Waals surface area contributed by atoms with E-state index in [2.05, 4.69) is 9.71 Å². The first-order valence-electron chi connectivity index (χ1n) is 8.75. The van der Waals surface area contributed by atoms with Gasteiger partial charge in [0.2, 0.25) is 10.0 Å². The van der Waals surface area contributed by atoms with Crippen LogP contribution >= 0.6 is 23.1 Å². The molecule has 2 aromatic heterocycles. The van der Waals surface area contributed by atoms with Crippen LogP contribution in [0.15, 0.2) is 39.7 Å². The maximum atomic E-state index is 12.8. The molecule has 6 nitrogen and oxygen atoms in total. The van der Waals surface area contributed by atoms with E-state index in [1.807, 2.05) is 30.2 Å². The molecule has 9 heteroatoms. The molecule has 0 spiro atoms. The largest absolute Gasteiger partial charge is 0.339 e. The molecule has 1 fully saturated rings. The fourth-order valence-corrected chi connectivity index (χ4v) is 6.07. The summed E-state index contributed by atoms with van der Waals surface area (Å²) in [5.41, 5.74) is 0.636. The lowest BCUT2D eigenvalue weighted by molar-refractivity contribution is 0.0687. The van der Waals surface area contributed by atoms with Gasteiger partial charge in [0.05, 0.1) is 5.56 Å². The molecule has 0 aliphatic carbocycles. The van der Waals surface area contributed by atoms with Gasteiger partial charge in [-0.3, -0.25) is 4.79 Å². The highest BCUT2D eigenvalue weighted by atomic mass is 32.2. The van der Waals surface area contributed by atoms with Crippen molar-refractivity contribution in [1.82, 2.24) is 14.6 Å². The molecule has 1 aliphatic rings. The number of nitrogens with one attached hydrogen (secondary N) is 1. The lowest BCUT2D eigenvalue weighted by Gasteiger charge is -2.32. The van der Waals surface area contributed by atoms with Crippen LogP contribution in [0.25, 0.3) is 0 Å². The topological polar surface area (TPSA) is 79.4 Å². The standard InChI is InChI=1S/C18H23N3O3S3/c1-13-5-6-16(26-13)27(23,24)20-12-14-7-10-21(11-8-14)18(22)15-4-3-9-19-17(15)25-2/h3-6,9,14,20H,7-8,10-12H2,1-2H3. The normalized spacial score (nSPS) is 15.9. The molecule has 0 unspecified atom stereocenters. The smallest absolute Gasteiger partial charge is 0.256 e. The maximum Gasteiger partial charge on any atom is 0.256 e. The van der Waals surface area contributed by atoms with Gasteiger partial charge in [-0.15, -0.1) is 23.1 Å². The number of likely N-dealkylation sites (tertiary alicyclic amines) is 1. The molecule has 0 bridgehead atoms. The quantitative estimate of drug-likeness (QED) is 0.720. The van der Waals surface area contributed by atoms with Crippen molar-refractivity contribution in [2.24, 2.45) is 5.92 Å². The zero-order chi connectivity index (χ0) is 19.4. The van der Waals surface area contributed by atoms with E-state index in [4.69, 9.17) is 0 Å². The average molecular weight is 426 g/mol. The molecule has 0 atom stereocenters. The lowest BCUT2D eigenvalue weighted by atomic mass is 9.97. The number of rotatable bonds is 6. The highest BCUT2D eigenvalue weighted by Crippen LogP contribution is 2.24. The van der Waals surface area contributed by atoms with Crippen LogP contribution in [-0.4, -0.2) is 50.1 Å². The van der Waals surface area contributed by atoms with Gasteiger partial charge in [0, 0.05) is 30.7 Å². The van der Waals surface area contributed by atoms with Crippen LogP contribution in [0, 0.1) is 12.8 Å². The highest BCUT2D eigenvalue weighted by Gasteiger charge is 2.26. The third-order valence-electron chi connectivity index (χ3n) is 4.64. The number of sulfonamides is 1. The fourth-order valence-electron chi connectivity index (χ4n) is 3.08. The molecule has 1 aliphatic heterocycles. The Balaban J connectivity index is 1.54. The van der Waals surface area contributed by atoms with Crippen LogP contribution in [-0.2, 0) is 10.0 Å². The van der Waals surface area contributed by atoms with Gasteiger partial charge in [0.15, 0.2) is 0 Å². The van der Waals surface area contributed by atoms with Crippen molar-refractivity contribution < 1.29 is 13.2 Å². The minimum atomic E-state index is -3.44. The third-order valence-corrected chi connectivity index (χ3v) is 8.27. The fraction of sp³-hybridized carbons (Fsp3) is 0.444. The van der Waals surface area contributed by atoms with Gasteiger partial charge in [0.1, 0.15) is 9.24 Å². The Labute approximate surface area is 168 Å². The molecule has 3 heterocycles. The van der Waals surface area contributed by atoms with E-state index in [0.29, 0.717) is 29.4 Å². The summed E-state index contributed by atoms with van der Waals surface area (Å²) in [6.07, 6.45) is 5.17. The van der Waals surface area contributed by atoms with Crippen molar-refractivity contribution in [2.75, 3.05) is 25.9 Å². The predicted octanol–water partition coefficient (Wildman–Crippen LogP) is 3.00. The van der Waals surface area contributed by atoms with Crippen molar-refractivity contribution in [3.05, 3.63) is 40.9 Å². The second-order valence-corrected chi connectivity index (χ2v) is 10.6.